The summed E-state index contributed by atoms with van der Waals surface area (Å²) in [5.74, 6) is 0.605. The van der Waals surface area contributed by atoms with E-state index < -0.39 is 0 Å². The maximum absolute atomic E-state index is 12.0. The fourth-order valence-corrected chi connectivity index (χ4v) is 2.83. The van der Waals surface area contributed by atoms with E-state index in [9.17, 15) is 4.79 Å². The number of nitrogens with zero attached hydrogens (tertiary/aromatic N) is 2. The van der Waals surface area contributed by atoms with Crippen LogP contribution in [0.25, 0.3) is 0 Å². The van der Waals surface area contributed by atoms with Crippen LogP contribution in [0.4, 0.5) is 10.5 Å². The van der Waals surface area contributed by atoms with E-state index in [-0.39, 0.29) is 12.1 Å². The number of amides is 2. The number of hydrogen-bond acceptors (Lipinski definition) is 4. The number of ether oxygens (including phenoxy) is 1. The number of nitriles is 1. The first-order valence-corrected chi connectivity index (χ1v) is 8.39. The molecule has 128 valence electrons. The third-order valence-corrected chi connectivity index (χ3v) is 4.09. The average Bonchev–Trinajstić information content (AvgIpc) is 3.13. The zero-order valence-corrected chi connectivity index (χ0v) is 13.9. The Balaban J connectivity index is 1.52. The molecular weight excluding hydrogens is 316 g/mol. The van der Waals surface area contributed by atoms with E-state index in [0.717, 1.165) is 18.4 Å². The van der Waals surface area contributed by atoms with Crippen molar-refractivity contribution in [2.75, 3.05) is 5.32 Å². The number of hydrogen-bond donors (Lipinski definition) is 2. The van der Waals surface area contributed by atoms with E-state index in [1.165, 1.54) is 12.8 Å². The lowest BCUT2D eigenvalue weighted by molar-refractivity contribution is 0.201. The summed E-state index contributed by atoms with van der Waals surface area (Å²) < 4.78 is 5.87. The highest BCUT2D eigenvalue weighted by Gasteiger charge is 2.17. The number of rotatable bonds is 5. The van der Waals surface area contributed by atoms with Gasteiger partial charge in [0.05, 0.1) is 11.6 Å². The molecule has 1 heterocycles. The van der Waals surface area contributed by atoms with E-state index in [2.05, 4.69) is 15.6 Å². The molecule has 1 fully saturated rings. The van der Waals surface area contributed by atoms with Crippen molar-refractivity contribution in [3.8, 4) is 11.9 Å². The van der Waals surface area contributed by atoms with E-state index in [0.29, 0.717) is 23.7 Å². The molecule has 0 atom stereocenters. The second-order valence-electron chi connectivity index (χ2n) is 6.03. The molecule has 0 radical (unpaired) electrons. The number of benzene rings is 1. The van der Waals surface area contributed by atoms with Crippen molar-refractivity contribution in [1.29, 1.82) is 5.26 Å². The molecular formula is C19H20N4O2. The van der Waals surface area contributed by atoms with Crippen LogP contribution in [-0.2, 0) is 6.54 Å². The highest BCUT2D eigenvalue weighted by molar-refractivity contribution is 5.89. The Bertz CT molecular complexity index is 779. The monoisotopic (exact) mass is 336 g/mol. The van der Waals surface area contributed by atoms with Crippen LogP contribution in [0.5, 0.6) is 5.88 Å². The van der Waals surface area contributed by atoms with Gasteiger partial charge < -0.3 is 15.4 Å². The molecule has 3 rings (SSSR count). The Morgan fingerprint density at radius 2 is 2.12 bits per heavy atom. The van der Waals surface area contributed by atoms with Gasteiger partial charge in [-0.2, -0.15) is 5.26 Å². The normalized spacial score (nSPS) is 13.9. The molecule has 25 heavy (non-hydrogen) atoms. The summed E-state index contributed by atoms with van der Waals surface area (Å²) in [6, 6.07) is 12.2. The maximum atomic E-state index is 12.0. The van der Waals surface area contributed by atoms with Gasteiger partial charge in [-0.05, 0) is 55.5 Å². The quantitative estimate of drug-likeness (QED) is 0.873. The standard InChI is InChI=1S/C19H20N4O2/c20-12-14-4-3-5-16(10-14)23-19(24)22-13-15-8-9-21-18(11-15)25-17-6-1-2-7-17/h3-5,8-11,17H,1-2,6-7,13H2,(H2,22,23,24). The van der Waals surface area contributed by atoms with Crippen molar-refractivity contribution < 1.29 is 9.53 Å². The third-order valence-electron chi connectivity index (χ3n) is 4.09. The number of carbonyl (C=O) groups is 1. The van der Waals surface area contributed by atoms with Crippen molar-refractivity contribution in [2.45, 2.75) is 38.3 Å². The topological polar surface area (TPSA) is 87.0 Å². The van der Waals surface area contributed by atoms with Crippen LogP contribution in [0.3, 0.4) is 0 Å². The summed E-state index contributed by atoms with van der Waals surface area (Å²) in [7, 11) is 0. The zero-order chi connectivity index (χ0) is 17.5. The highest BCUT2D eigenvalue weighted by atomic mass is 16.5. The van der Waals surface area contributed by atoms with Crippen molar-refractivity contribution in [1.82, 2.24) is 10.3 Å². The van der Waals surface area contributed by atoms with Crippen molar-refractivity contribution >= 4 is 11.7 Å². The zero-order valence-electron chi connectivity index (χ0n) is 13.9. The van der Waals surface area contributed by atoms with E-state index in [1.54, 1.807) is 30.5 Å². The van der Waals surface area contributed by atoms with Gasteiger partial charge in [0.2, 0.25) is 5.88 Å². The Hall–Kier alpha value is -3.07. The van der Waals surface area contributed by atoms with Gasteiger partial charge >= 0.3 is 6.03 Å². The molecule has 0 saturated heterocycles. The first-order valence-electron chi connectivity index (χ1n) is 8.39. The minimum atomic E-state index is -0.329. The second kappa shape index (κ2) is 8.15. The van der Waals surface area contributed by atoms with E-state index in [4.69, 9.17) is 10.00 Å². The number of aromatic nitrogens is 1. The van der Waals surface area contributed by atoms with E-state index in [1.807, 2.05) is 18.2 Å². The molecule has 2 N–H and O–H groups in total. The molecule has 0 spiro atoms. The van der Waals surface area contributed by atoms with Gasteiger partial charge in [0, 0.05) is 24.5 Å². The van der Waals surface area contributed by atoms with Gasteiger partial charge in [0.1, 0.15) is 6.10 Å². The Morgan fingerprint density at radius 1 is 1.28 bits per heavy atom. The lowest BCUT2D eigenvalue weighted by atomic mass is 10.2. The summed E-state index contributed by atoms with van der Waals surface area (Å²) in [6.07, 6.45) is 6.52. The number of carbonyl (C=O) groups excluding carboxylic acids is 1. The molecule has 0 bridgehead atoms. The number of anilines is 1. The number of urea groups is 1. The van der Waals surface area contributed by atoms with Gasteiger partial charge in [0.25, 0.3) is 0 Å². The predicted octanol–water partition coefficient (Wildman–Crippen LogP) is 3.60. The lowest BCUT2D eigenvalue weighted by Gasteiger charge is -2.13. The molecule has 1 saturated carbocycles. The summed E-state index contributed by atoms with van der Waals surface area (Å²) in [6.45, 7) is 0.368. The Morgan fingerprint density at radius 3 is 2.92 bits per heavy atom. The molecule has 6 heteroatoms. The van der Waals surface area contributed by atoms with Crippen LogP contribution in [0.1, 0.15) is 36.8 Å². The van der Waals surface area contributed by atoms with Crippen molar-refractivity contribution in [3.05, 3.63) is 53.7 Å². The Labute approximate surface area is 146 Å². The molecule has 0 aliphatic heterocycles. The predicted molar refractivity (Wildman–Crippen MR) is 94.1 cm³/mol. The molecule has 6 nitrogen and oxygen atoms in total. The van der Waals surface area contributed by atoms with Crippen LogP contribution in [0.15, 0.2) is 42.6 Å². The SMILES string of the molecule is N#Cc1cccc(NC(=O)NCc2ccnc(OC3CCCC3)c2)c1. The molecule has 0 unspecified atom stereocenters. The van der Waals surface area contributed by atoms with Gasteiger partial charge in [-0.15, -0.1) is 0 Å². The number of pyridine rings is 1. The van der Waals surface area contributed by atoms with Crippen molar-refractivity contribution in [3.63, 3.8) is 0 Å². The third kappa shape index (κ3) is 4.95. The molecule has 1 aromatic carbocycles. The fraction of sp³-hybridized carbons (Fsp3) is 0.316. The smallest absolute Gasteiger partial charge is 0.319 e. The molecule has 2 amide bonds. The number of nitrogens with one attached hydrogen (secondary N) is 2. The summed E-state index contributed by atoms with van der Waals surface area (Å²) in [5, 5.41) is 14.4. The average molecular weight is 336 g/mol. The fourth-order valence-electron chi connectivity index (χ4n) is 2.83. The van der Waals surface area contributed by atoms with Crippen LogP contribution < -0.4 is 15.4 Å². The van der Waals surface area contributed by atoms with Crippen LogP contribution >= 0.6 is 0 Å². The second-order valence-corrected chi connectivity index (χ2v) is 6.03. The van der Waals surface area contributed by atoms with Crippen LogP contribution in [0, 0.1) is 11.3 Å². The van der Waals surface area contributed by atoms with Crippen molar-refractivity contribution in [2.24, 2.45) is 0 Å². The Kier molecular flexibility index (Phi) is 5.47. The first kappa shape index (κ1) is 16.8. The van der Waals surface area contributed by atoms with Crippen LogP contribution in [0.2, 0.25) is 0 Å². The highest BCUT2D eigenvalue weighted by Crippen LogP contribution is 2.23. The first-order chi connectivity index (χ1) is 12.2. The summed E-state index contributed by atoms with van der Waals surface area (Å²) in [4.78, 5) is 16.2. The minimum absolute atomic E-state index is 0.256. The van der Waals surface area contributed by atoms with Gasteiger partial charge in [0.15, 0.2) is 0 Å². The van der Waals surface area contributed by atoms with Crippen LogP contribution in [-0.4, -0.2) is 17.1 Å². The summed E-state index contributed by atoms with van der Waals surface area (Å²) in [5.41, 5.74) is 2.00. The molecule has 2 aromatic rings. The summed E-state index contributed by atoms with van der Waals surface area (Å²) >= 11 is 0. The largest absolute Gasteiger partial charge is 0.474 e. The molecule has 1 aliphatic carbocycles. The minimum Gasteiger partial charge on any atom is -0.474 e. The van der Waals surface area contributed by atoms with E-state index >= 15 is 0 Å². The van der Waals surface area contributed by atoms with Gasteiger partial charge in [-0.1, -0.05) is 6.07 Å². The molecule has 1 aliphatic rings. The molecule has 1 aromatic heterocycles. The van der Waals surface area contributed by atoms with Gasteiger partial charge in [-0.25, -0.2) is 9.78 Å². The van der Waals surface area contributed by atoms with Gasteiger partial charge in [-0.3, -0.25) is 0 Å². The maximum Gasteiger partial charge on any atom is 0.319 e. The lowest BCUT2D eigenvalue weighted by Crippen LogP contribution is -2.28.